The van der Waals surface area contributed by atoms with Crippen molar-refractivity contribution in [3.63, 3.8) is 0 Å². The summed E-state index contributed by atoms with van der Waals surface area (Å²) in [5.74, 6) is -2.71. The number of aliphatic carboxylic acids is 1. The third-order valence-electron chi connectivity index (χ3n) is 3.22. The molecule has 0 bridgehead atoms. The lowest BCUT2D eigenvalue weighted by Gasteiger charge is -2.19. The van der Waals surface area contributed by atoms with Gasteiger partial charge in [0.15, 0.2) is 0 Å². The van der Waals surface area contributed by atoms with E-state index in [0.29, 0.717) is 6.42 Å². The minimum atomic E-state index is -1.10. The summed E-state index contributed by atoms with van der Waals surface area (Å²) in [6.45, 7) is 2.15. The molecular weight excluding hydrogens is 248 g/mol. The predicted molar refractivity (Wildman–Crippen MR) is 71.8 cm³/mol. The van der Waals surface area contributed by atoms with E-state index in [-0.39, 0.29) is 6.42 Å². The van der Waals surface area contributed by atoms with Crippen LogP contribution in [0.15, 0.2) is 0 Å². The molecule has 0 saturated heterocycles. The summed E-state index contributed by atoms with van der Waals surface area (Å²) < 4.78 is 4.53. The Morgan fingerprint density at radius 2 is 1.68 bits per heavy atom. The van der Waals surface area contributed by atoms with Gasteiger partial charge in [0.1, 0.15) is 0 Å². The third kappa shape index (κ3) is 8.59. The Hall–Kier alpha value is -1.10. The maximum absolute atomic E-state index is 11.4. The van der Waals surface area contributed by atoms with E-state index in [1.807, 2.05) is 0 Å². The van der Waals surface area contributed by atoms with Gasteiger partial charge in [-0.05, 0) is 6.42 Å². The van der Waals surface area contributed by atoms with E-state index in [0.717, 1.165) is 19.3 Å². The normalized spacial score (nSPS) is 13.8. The summed E-state index contributed by atoms with van der Waals surface area (Å²) >= 11 is 0. The fraction of sp³-hybridized carbons (Fsp3) is 0.857. The summed E-state index contributed by atoms with van der Waals surface area (Å²) in [6.07, 6.45) is 5.62. The maximum Gasteiger partial charge on any atom is 0.311 e. The highest BCUT2D eigenvalue weighted by Crippen LogP contribution is 2.18. The van der Waals surface area contributed by atoms with Crippen molar-refractivity contribution in [3.8, 4) is 0 Å². The van der Waals surface area contributed by atoms with Crippen LogP contribution in [0, 0.1) is 5.92 Å². The number of rotatable bonds is 11. The van der Waals surface area contributed by atoms with E-state index in [4.69, 9.17) is 5.11 Å². The molecule has 0 radical (unpaired) electrons. The number of aliphatic hydroxyl groups excluding tert-OH is 1. The van der Waals surface area contributed by atoms with Gasteiger partial charge < -0.3 is 14.9 Å². The van der Waals surface area contributed by atoms with Gasteiger partial charge in [-0.15, -0.1) is 0 Å². The Balaban J connectivity index is 4.00. The molecule has 0 amide bonds. The summed E-state index contributed by atoms with van der Waals surface area (Å²) in [6, 6.07) is 0. The molecule has 2 N–H and O–H groups in total. The number of ether oxygens (including phenoxy) is 1. The van der Waals surface area contributed by atoms with Crippen LogP contribution < -0.4 is 0 Å². The van der Waals surface area contributed by atoms with Crippen LogP contribution in [0.3, 0.4) is 0 Å². The number of methoxy groups -OCH3 is 1. The number of hydrogen-bond acceptors (Lipinski definition) is 4. The van der Waals surface area contributed by atoms with Gasteiger partial charge in [-0.25, -0.2) is 0 Å². The second kappa shape index (κ2) is 10.8. The van der Waals surface area contributed by atoms with E-state index in [2.05, 4.69) is 11.7 Å². The largest absolute Gasteiger partial charge is 0.481 e. The lowest BCUT2D eigenvalue weighted by Crippen LogP contribution is -2.31. The van der Waals surface area contributed by atoms with E-state index in [1.54, 1.807) is 0 Å². The van der Waals surface area contributed by atoms with Crippen molar-refractivity contribution >= 4 is 11.9 Å². The number of esters is 1. The van der Waals surface area contributed by atoms with Gasteiger partial charge in [0, 0.05) is 0 Å². The lowest BCUT2D eigenvalue weighted by molar-refractivity contribution is -0.155. The van der Waals surface area contributed by atoms with E-state index < -0.39 is 24.0 Å². The minimum absolute atomic E-state index is 0.385. The van der Waals surface area contributed by atoms with Gasteiger partial charge in [0.2, 0.25) is 0 Å². The number of carbonyl (C=O) groups is 2. The molecule has 0 aliphatic rings. The number of carbonyl (C=O) groups excluding carboxylic acids is 1. The Morgan fingerprint density at radius 1 is 1.11 bits per heavy atom. The Labute approximate surface area is 115 Å². The molecule has 2 unspecified atom stereocenters. The van der Waals surface area contributed by atoms with Crippen LogP contribution in [-0.4, -0.2) is 35.4 Å². The molecule has 5 heteroatoms. The van der Waals surface area contributed by atoms with Crippen LogP contribution in [0.1, 0.15) is 58.3 Å². The van der Waals surface area contributed by atoms with E-state index >= 15 is 0 Å². The molecule has 0 aromatic rings. The van der Waals surface area contributed by atoms with Crippen molar-refractivity contribution in [2.24, 2.45) is 5.92 Å². The fourth-order valence-electron chi connectivity index (χ4n) is 2.05. The van der Waals surface area contributed by atoms with Crippen molar-refractivity contribution in [3.05, 3.63) is 0 Å². The quantitative estimate of drug-likeness (QED) is 0.446. The second-order valence-corrected chi connectivity index (χ2v) is 4.85. The zero-order chi connectivity index (χ0) is 14.7. The first-order chi connectivity index (χ1) is 9.02. The predicted octanol–water partition coefficient (Wildman–Crippen LogP) is 2.36. The summed E-state index contributed by atoms with van der Waals surface area (Å²) in [4.78, 5) is 22.1. The van der Waals surface area contributed by atoms with E-state index in [1.165, 1.54) is 26.4 Å². The summed E-state index contributed by atoms with van der Waals surface area (Å²) in [7, 11) is 1.20. The molecule has 0 aromatic carbocycles. The zero-order valence-corrected chi connectivity index (χ0v) is 11.9. The monoisotopic (exact) mass is 274 g/mol. The van der Waals surface area contributed by atoms with Crippen molar-refractivity contribution in [2.75, 3.05) is 7.11 Å². The van der Waals surface area contributed by atoms with Gasteiger partial charge in [-0.2, -0.15) is 0 Å². The number of hydrogen-bond donors (Lipinski definition) is 2. The van der Waals surface area contributed by atoms with Crippen LogP contribution in [-0.2, 0) is 14.3 Å². The molecule has 5 nitrogen and oxygen atoms in total. The molecule has 19 heavy (non-hydrogen) atoms. The standard InChI is InChI=1S/C14H26O5/c1-3-4-5-6-7-8-9-12(15)11(10-13(16)17)14(18)19-2/h11-12,15H,3-10H2,1-2H3,(H,16,17). The van der Waals surface area contributed by atoms with Gasteiger partial charge in [0.05, 0.1) is 25.6 Å². The van der Waals surface area contributed by atoms with Gasteiger partial charge >= 0.3 is 11.9 Å². The molecule has 0 saturated carbocycles. The number of aliphatic hydroxyl groups is 1. The first-order valence-electron chi connectivity index (χ1n) is 7.00. The average Bonchev–Trinajstić information content (AvgIpc) is 2.38. The van der Waals surface area contributed by atoms with Crippen LogP contribution in [0.4, 0.5) is 0 Å². The summed E-state index contributed by atoms with van der Waals surface area (Å²) in [5, 5.41) is 18.6. The SMILES string of the molecule is CCCCCCCCC(O)C(CC(=O)O)C(=O)OC. The van der Waals surface area contributed by atoms with Crippen molar-refractivity contribution in [2.45, 2.75) is 64.4 Å². The van der Waals surface area contributed by atoms with Crippen molar-refractivity contribution < 1.29 is 24.5 Å². The zero-order valence-electron chi connectivity index (χ0n) is 11.9. The molecule has 0 fully saturated rings. The summed E-state index contributed by atoms with van der Waals surface area (Å²) in [5.41, 5.74) is 0. The first kappa shape index (κ1) is 17.9. The Bertz CT molecular complexity index is 265. The molecule has 0 aliphatic carbocycles. The Morgan fingerprint density at radius 3 is 2.21 bits per heavy atom. The van der Waals surface area contributed by atoms with Gasteiger partial charge in [-0.1, -0.05) is 45.4 Å². The second-order valence-electron chi connectivity index (χ2n) is 4.85. The smallest absolute Gasteiger partial charge is 0.311 e. The van der Waals surface area contributed by atoms with Crippen molar-refractivity contribution in [1.29, 1.82) is 0 Å². The lowest BCUT2D eigenvalue weighted by atomic mass is 9.94. The number of carboxylic acids is 1. The molecule has 2 atom stereocenters. The third-order valence-corrected chi connectivity index (χ3v) is 3.22. The highest BCUT2D eigenvalue weighted by atomic mass is 16.5. The molecule has 0 heterocycles. The number of unbranched alkanes of at least 4 members (excludes halogenated alkanes) is 5. The number of carboxylic acid groups (broad SMARTS) is 1. The maximum atomic E-state index is 11.4. The molecule has 0 aliphatic heterocycles. The Kier molecular flexibility index (Phi) is 10.2. The van der Waals surface area contributed by atoms with E-state index in [9.17, 15) is 14.7 Å². The molecule has 112 valence electrons. The molecule has 0 rings (SSSR count). The molecular formula is C14H26O5. The first-order valence-corrected chi connectivity index (χ1v) is 7.00. The highest BCUT2D eigenvalue weighted by Gasteiger charge is 2.29. The minimum Gasteiger partial charge on any atom is -0.481 e. The fourth-order valence-corrected chi connectivity index (χ4v) is 2.05. The highest BCUT2D eigenvalue weighted by molar-refractivity contribution is 5.79. The molecule has 0 spiro atoms. The topological polar surface area (TPSA) is 83.8 Å². The van der Waals surface area contributed by atoms with Crippen molar-refractivity contribution in [1.82, 2.24) is 0 Å². The van der Waals surface area contributed by atoms with Gasteiger partial charge in [-0.3, -0.25) is 9.59 Å². The van der Waals surface area contributed by atoms with Crippen LogP contribution >= 0.6 is 0 Å². The molecule has 0 aromatic heterocycles. The van der Waals surface area contributed by atoms with Gasteiger partial charge in [0.25, 0.3) is 0 Å². The van der Waals surface area contributed by atoms with Crippen LogP contribution in [0.2, 0.25) is 0 Å². The average molecular weight is 274 g/mol. The van der Waals surface area contributed by atoms with Crippen LogP contribution in [0.5, 0.6) is 0 Å². The van der Waals surface area contributed by atoms with Crippen LogP contribution in [0.25, 0.3) is 0 Å².